The lowest BCUT2D eigenvalue weighted by Gasteiger charge is -2.15. The van der Waals surface area contributed by atoms with Crippen LogP contribution in [0.15, 0.2) is 30.3 Å². The number of rotatable bonds is 7. The predicted octanol–water partition coefficient (Wildman–Crippen LogP) is 4.11. The molecule has 0 aromatic heterocycles. The Balaban J connectivity index is 1.71. The van der Waals surface area contributed by atoms with Crippen LogP contribution in [0, 0.1) is 20.8 Å². The quantitative estimate of drug-likeness (QED) is 0.782. The lowest BCUT2D eigenvalue weighted by molar-refractivity contribution is 0.0857. The third-order valence-electron chi connectivity index (χ3n) is 5.20. The van der Waals surface area contributed by atoms with Crippen molar-refractivity contribution in [3.8, 4) is 11.5 Å². The Morgan fingerprint density at radius 1 is 1.18 bits per heavy atom. The highest BCUT2D eigenvalue weighted by atomic mass is 16.5. The van der Waals surface area contributed by atoms with E-state index in [-0.39, 0.29) is 12.0 Å². The Hall–Kier alpha value is -2.53. The number of nitrogens with one attached hydrogen (secondary N) is 1. The molecule has 3 rings (SSSR count). The molecule has 150 valence electrons. The minimum Gasteiger partial charge on any atom is -0.496 e. The van der Waals surface area contributed by atoms with Crippen molar-refractivity contribution in [3.05, 3.63) is 58.1 Å². The van der Waals surface area contributed by atoms with Gasteiger partial charge in [0.05, 0.1) is 13.2 Å². The van der Waals surface area contributed by atoms with Gasteiger partial charge in [-0.25, -0.2) is 0 Å². The van der Waals surface area contributed by atoms with Crippen LogP contribution >= 0.6 is 0 Å². The Morgan fingerprint density at radius 2 is 2.00 bits per heavy atom. The van der Waals surface area contributed by atoms with Crippen molar-refractivity contribution in [3.63, 3.8) is 0 Å². The fraction of sp³-hybridized carbons (Fsp3) is 0.435. The van der Waals surface area contributed by atoms with E-state index in [2.05, 4.69) is 32.2 Å². The Bertz CT molecular complexity index is 841. The Labute approximate surface area is 167 Å². The molecule has 0 bridgehead atoms. The summed E-state index contributed by atoms with van der Waals surface area (Å²) in [6.45, 7) is 7.84. The summed E-state index contributed by atoms with van der Waals surface area (Å²) in [5.74, 6) is 1.45. The summed E-state index contributed by atoms with van der Waals surface area (Å²) in [5, 5.41) is 2.96. The maximum atomic E-state index is 12.5. The van der Waals surface area contributed by atoms with Gasteiger partial charge in [0.15, 0.2) is 0 Å². The van der Waals surface area contributed by atoms with Crippen LogP contribution in [0.25, 0.3) is 0 Å². The van der Waals surface area contributed by atoms with E-state index in [9.17, 15) is 4.79 Å². The molecular weight excluding hydrogens is 354 g/mol. The molecule has 5 heteroatoms. The van der Waals surface area contributed by atoms with Crippen LogP contribution in [0.1, 0.15) is 45.5 Å². The van der Waals surface area contributed by atoms with E-state index in [0.29, 0.717) is 24.5 Å². The molecule has 0 spiro atoms. The number of methoxy groups -OCH3 is 1. The van der Waals surface area contributed by atoms with Gasteiger partial charge in [-0.3, -0.25) is 4.79 Å². The van der Waals surface area contributed by atoms with Crippen LogP contribution in [0.5, 0.6) is 11.5 Å². The van der Waals surface area contributed by atoms with E-state index < -0.39 is 0 Å². The van der Waals surface area contributed by atoms with Gasteiger partial charge < -0.3 is 19.5 Å². The summed E-state index contributed by atoms with van der Waals surface area (Å²) in [5.41, 5.74) is 4.91. The molecule has 2 aromatic carbocycles. The van der Waals surface area contributed by atoms with Crippen molar-refractivity contribution in [2.45, 2.75) is 46.3 Å². The van der Waals surface area contributed by atoms with Crippen LogP contribution in [0.2, 0.25) is 0 Å². The first-order valence-corrected chi connectivity index (χ1v) is 9.75. The molecule has 28 heavy (non-hydrogen) atoms. The third kappa shape index (κ3) is 4.84. The van der Waals surface area contributed by atoms with E-state index in [1.807, 2.05) is 18.2 Å². The number of benzene rings is 2. The molecule has 1 heterocycles. The van der Waals surface area contributed by atoms with Crippen LogP contribution < -0.4 is 14.8 Å². The van der Waals surface area contributed by atoms with E-state index >= 15 is 0 Å². The maximum absolute atomic E-state index is 12.5. The standard InChI is InChI=1S/C23H29NO4/c1-15-10-16(2)17(3)22(11-15)28-14-19-12-18(7-8-21(19)26-4)23(25)24-13-20-6-5-9-27-20/h7-8,10-12,20H,5-6,9,13-14H2,1-4H3,(H,24,25)/t20-/m1/s1. The van der Waals surface area contributed by atoms with Gasteiger partial charge in [0.25, 0.3) is 5.91 Å². The monoisotopic (exact) mass is 383 g/mol. The number of aryl methyl sites for hydroxylation is 2. The number of carbonyl (C=O) groups excluding carboxylic acids is 1. The van der Waals surface area contributed by atoms with Crippen LogP contribution in [0.3, 0.4) is 0 Å². The lowest BCUT2D eigenvalue weighted by atomic mass is 10.1. The summed E-state index contributed by atoms with van der Waals surface area (Å²) in [7, 11) is 1.62. The second-order valence-corrected chi connectivity index (χ2v) is 7.37. The normalized spacial score (nSPS) is 16.1. The molecule has 2 aromatic rings. The van der Waals surface area contributed by atoms with Gasteiger partial charge in [0.2, 0.25) is 0 Å². The minimum absolute atomic E-state index is 0.109. The van der Waals surface area contributed by atoms with E-state index in [4.69, 9.17) is 14.2 Å². The van der Waals surface area contributed by atoms with Gasteiger partial charge in [-0.1, -0.05) is 6.07 Å². The number of hydrogen-bond acceptors (Lipinski definition) is 4. The first-order valence-electron chi connectivity index (χ1n) is 9.75. The molecule has 5 nitrogen and oxygen atoms in total. The lowest BCUT2D eigenvalue weighted by Crippen LogP contribution is -2.31. The number of hydrogen-bond donors (Lipinski definition) is 1. The van der Waals surface area contributed by atoms with E-state index in [1.165, 1.54) is 5.56 Å². The van der Waals surface area contributed by atoms with Crippen molar-refractivity contribution >= 4 is 5.91 Å². The molecule has 0 saturated carbocycles. The molecule has 0 radical (unpaired) electrons. The second kappa shape index (κ2) is 9.11. The first kappa shape index (κ1) is 20.2. The maximum Gasteiger partial charge on any atom is 0.251 e. The molecule has 1 aliphatic rings. The van der Waals surface area contributed by atoms with Gasteiger partial charge in [0, 0.05) is 24.3 Å². The molecule has 0 unspecified atom stereocenters. The average molecular weight is 383 g/mol. The Kier molecular flexibility index (Phi) is 6.57. The predicted molar refractivity (Wildman–Crippen MR) is 109 cm³/mol. The molecule has 1 N–H and O–H groups in total. The highest BCUT2D eigenvalue weighted by Gasteiger charge is 2.17. The van der Waals surface area contributed by atoms with Gasteiger partial charge in [-0.2, -0.15) is 0 Å². The van der Waals surface area contributed by atoms with Crippen molar-refractivity contribution in [2.24, 2.45) is 0 Å². The van der Waals surface area contributed by atoms with Gasteiger partial charge >= 0.3 is 0 Å². The smallest absolute Gasteiger partial charge is 0.251 e. The summed E-state index contributed by atoms with van der Waals surface area (Å²) in [6, 6.07) is 9.60. The van der Waals surface area contributed by atoms with Crippen LogP contribution in [-0.4, -0.2) is 32.3 Å². The topological polar surface area (TPSA) is 56.8 Å². The number of carbonyl (C=O) groups is 1. The SMILES string of the molecule is COc1ccc(C(=O)NC[C@H]2CCCO2)cc1COc1cc(C)cc(C)c1C. The molecule has 1 aliphatic heterocycles. The molecular formula is C23H29NO4. The molecule has 1 saturated heterocycles. The highest BCUT2D eigenvalue weighted by molar-refractivity contribution is 5.94. The zero-order chi connectivity index (χ0) is 20.1. The fourth-order valence-corrected chi connectivity index (χ4v) is 3.45. The van der Waals surface area contributed by atoms with Gasteiger partial charge in [0.1, 0.15) is 18.1 Å². The average Bonchev–Trinajstić information content (AvgIpc) is 3.21. The first-order chi connectivity index (χ1) is 13.5. The van der Waals surface area contributed by atoms with Crippen LogP contribution in [0.4, 0.5) is 0 Å². The van der Waals surface area contributed by atoms with Crippen molar-refractivity contribution < 1.29 is 19.0 Å². The highest BCUT2D eigenvalue weighted by Crippen LogP contribution is 2.27. The van der Waals surface area contributed by atoms with Crippen molar-refractivity contribution in [1.29, 1.82) is 0 Å². The third-order valence-corrected chi connectivity index (χ3v) is 5.20. The zero-order valence-corrected chi connectivity index (χ0v) is 17.1. The summed E-state index contributed by atoms with van der Waals surface area (Å²) < 4.78 is 17.1. The Morgan fingerprint density at radius 3 is 2.71 bits per heavy atom. The van der Waals surface area contributed by atoms with Gasteiger partial charge in [-0.15, -0.1) is 0 Å². The fourth-order valence-electron chi connectivity index (χ4n) is 3.45. The summed E-state index contributed by atoms with van der Waals surface area (Å²) >= 11 is 0. The molecule has 1 atom stereocenters. The van der Waals surface area contributed by atoms with Crippen molar-refractivity contribution in [1.82, 2.24) is 5.32 Å². The largest absolute Gasteiger partial charge is 0.496 e. The number of ether oxygens (including phenoxy) is 3. The number of amides is 1. The van der Waals surface area contributed by atoms with Crippen LogP contribution in [-0.2, 0) is 11.3 Å². The zero-order valence-electron chi connectivity index (χ0n) is 17.1. The van der Waals surface area contributed by atoms with E-state index in [0.717, 1.165) is 41.9 Å². The minimum atomic E-state index is -0.109. The molecule has 1 fully saturated rings. The van der Waals surface area contributed by atoms with Gasteiger partial charge in [-0.05, 0) is 74.6 Å². The summed E-state index contributed by atoms with van der Waals surface area (Å²) in [4.78, 5) is 12.5. The molecule has 0 aliphatic carbocycles. The second-order valence-electron chi connectivity index (χ2n) is 7.37. The summed E-state index contributed by atoms with van der Waals surface area (Å²) in [6.07, 6.45) is 2.18. The van der Waals surface area contributed by atoms with Crippen molar-refractivity contribution in [2.75, 3.05) is 20.3 Å². The molecule has 1 amide bonds. The van der Waals surface area contributed by atoms with E-state index in [1.54, 1.807) is 13.2 Å².